The number of aryl methyl sites for hydroxylation is 1. The molecule has 25 heavy (non-hydrogen) atoms. The third-order valence-corrected chi connectivity index (χ3v) is 6.22. The standard InChI is InChI=1S/C21H23ClN2S/c22-17-7-8-20-19(13-17)16(14-24-20)4-1-2-5-18-12-15(9-10-23-18)21-6-3-11-25-21/h3,6-9,11,13-14,18,23-24H,1-2,4-5,10,12H2. The van der Waals surface area contributed by atoms with Crippen molar-refractivity contribution in [3.8, 4) is 0 Å². The monoisotopic (exact) mass is 370 g/mol. The maximum absolute atomic E-state index is 6.14. The summed E-state index contributed by atoms with van der Waals surface area (Å²) < 4.78 is 0. The van der Waals surface area contributed by atoms with Crippen LogP contribution in [0.25, 0.3) is 16.5 Å². The Morgan fingerprint density at radius 3 is 3.04 bits per heavy atom. The van der Waals surface area contributed by atoms with E-state index in [2.05, 4.69) is 52.2 Å². The zero-order valence-electron chi connectivity index (χ0n) is 14.2. The highest BCUT2D eigenvalue weighted by Crippen LogP contribution is 2.28. The molecule has 0 fully saturated rings. The molecule has 0 aliphatic carbocycles. The van der Waals surface area contributed by atoms with Crippen LogP contribution in [0.1, 0.15) is 36.1 Å². The lowest BCUT2D eigenvalue weighted by atomic mass is 9.95. The van der Waals surface area contributed by atoms with Gasteiger partial charge in [-0.2, -0.15) is 0 Å². The molecule has 0 radical (unpaired) electrons. The first-order chi connectivity index (χ1) is 12.3. The highest BCUT2D eigenvalue weighted by atomic mass is 35.5. The fraction of sp³-hybridized carbons (Fsp3) is 0.333. The van der Waals surface area contributed by atoms with Crippen LogP contribution in [-0.4, -0.2) is 17.6 Å². The van der Waals surface area contributed by atoms with Crippen molar-refractivity contribution < 1.29 is 0 Å². The van der Waals surface area contributed by atoms with Crippen molar-refractivity contribution in [1.82, 2.24) is 10.3 Å². The van der Waals surface area contributed by atoms with Gasteiger partial charge in [0.1, 0.15) is 0 Å². The summed E-state index contributed by atoms with van der Waals surface area (Å²) in [5.74, 6) is 0. The molecule has 3 aromatic rings. The summed E-state index contributed by atoms with van der Waals surface area (Å²) in [6.07, 6.45) is 10.5. The molecule has 0 bridgehead atoms. The van der Waals surface area contributed by atoms with Gasteiger partial charge in [0.15, 0.2) is 0 Å². The number of fused-ring (bicyclic) bond motifs is 1. The second-order valence-electron chi connectivity index (χ2n) is 6.77. The van der Waals surface area contributed by atoms with E-state index in [1.807, 2.05) is 17.4 Å². The Hall–Kier alpha value is -1.55. The predicted octanol–water partition coefficient (Wildman–Crippen LogP) is 6.04. The van der Waals surface area contributed by atoms with Gasteiger partial charge >= 0.3 is 0 Å². The Morgan fingerprint density at radius 1 is 1.20 bits per heavy atom. The van der Waals surface area contributed by atoms with E-state index in [-0.39, 0.29) is 0 Å². The minimum atomic E-state index is 0.611. The Bertz CT molecular complexity index is 863. The van der Waals surface area contributed by atoms with Crippen LogP contribution in [0.3, 0.4) is 0 Å². The number of aromatic nitrogens is 1. The van der Waals surface area contributed by atoms with Gasteiger partial charge in [-0.05, 0) is 66.5 Å². The van der Waals surface area contributed by atoms with Crippen LogP contribution in [0, 0.1) is 0 Å². The normalized spacial score (nSPS) is 17.8. The number of nitrogens with one attached hydrogen (secondary N) is 2. The molecule has 2 aromatic heterocycles. The highest BCUT2D eigenvalue weighted by molar-refractivity contribution is 7.11. The first-order valence-electron chi connectivity index (χ1n) is 9.01. The molecule has 0 saturated carbocycles. The lowest BCUT2D eigenvalue weighted by molar-refractivity contribution is 0.477. The van der Waals surface area contributed by atoms with E-state index in [0.29, 0.717) is 6.04 Å². The van der Waals surface area contributed by atoms with Crippen molar-refractivity contribution in [1.29, 1.82) is 0 Å². The Kier molecular flexibility index (Phi) is 5.25. The Morgan fingerprint density at radius 2 is 2.16 bits per heavy atom. The first-order valence-corrected chi connectivity index (χ1v) is 10.3. The number of halogens is 1. The molecule has 4 heteroatoms. The SMILES string of the molecule is Clc1ccc2[nH]cc(CCCCC3CC(c4cccs4)=CCN3)c2c1. The maximum Gasteiger partial charge on any atom is 0.0457 e. The molecule has 3 heterocycles. The van der Waals surface area contributed by atoms with Crippen molar-refractivity contribution in [2.75, 3.05) is 6.54 Å². The summed E-state index contributed by atoms with van der Waals surface area (Å²) in [7, 11) is 0. The smallest absolute Gasteiger partial charge is 0.0457 e. The number of hydrogen-bond donors (Lipinski definition) is 2. The summed E-state index contributed by atoms with van der Waals surface area (Å²) in [5.41, 5.74) is 4.08. The van der Waals surface area contributed by atoms with Crippen LogP contribution < -0.4 is 5.32 Å². The molecule has 2 N–H and O–H groups in total. The van der Waals surface area contributed by atoms with Gasteiger partial charge in [-0.1, -0.05) is 30.2 Å². The number of unbranched alkanes of at least 4 members (excludes halogenated alkanes) is 1. The summed E-state index contributed by atoms with van der Waals surface area (Å²) in [5, 5.41) is 7.90. The maximum atomic E-state index is 6.14. The van der Waals surface area contributed by atoms with E-state index in [1.54, 1.807) is 0 Å². The third-order valence-electron chi connectivity index (χ3n) is 5.04. The predicted molar refractivity (Wildman–Crippen MR) is 110 cm³/mol. The van der Waals surface area contributed by atoms with E-state index in [4.69, 9.17) is 11.6 Å². The van der Waals surface area contributed by atoms with Gasteiger partial charge in [0.05, 0.1) is 0 Å². The van der Waals surface area contributed by atoms with Crippen molar-refractivity contribution in [2.24, 2.45) is 0 Å². The molecule has 0 spiro atoms. The lowest BCUT2D eigenvalue weighted by Gasteiger charge is -2.24. The Labute approximate surface area is 157 Å². The average molecular weight is 371 g/mol. The molecule has 1 aliphatic heterocycles. The van der Waals surface area contributed by atoms with Gasteiger partial charge in [0, 0.05) is 39.6 Å². The summed E-state index contributed by atoms with van der Waals surface area (Å²) in [4.78, 5) is 4.78. The summed E-state index contributed by atoms with van der Waals surface area (Å²) in [6, 6.07) is 11.1. The molecular formula is C21H23ClN2S. The zero-order chi connectivity index (χ0) is 17.1. The molecule has 1 unspecified atom stereocenters. The number of hydrogen-bond acceptors (Lipinski definition) is 2. The molecule has 130 valence electrons. The Balaban J connectivity index is 1.28. The van der Waals surface area contributed by atoms with E-state index < -0.39 is 0 Å². The minimum absolute atomic E-state index is 0.611. The number of benzene rings is 1. The molecular weight excluding hydrogens is 348 g/mol. The summed E-state index contributed by atoms with van der Waals surface area (Å²) in [6.45, 7) is 0.999. The first kappa shape index (κ1) is 16.9. The topological polar surface area (TPSA) is 27.8 Å². The van der Waals surface area contributed by atoms with Gasteiger partial charge in [0.2, 0.25) is 0 Å². The fourth-order valence-corrected chi connectivity index (χ4v) is 4.65. The average Bonchev–Trinajstić information content (AvgIpc) is 3.29. The van der Waals surface area contributed by atoms with Crippen LogP contribution in [0.4, 0.5) is 0 Å². The molecule has 1 atom stereocenters. The number of H-pyrrole nitrogens is 1. The van der Waals surface area contributed by atoms with Crippen LogP contribution in [0.15, 0.2) is 48.0 Å². The van der Waals surface area contributed by atoms with Crippen LogP contribution in [0.5, 0.6) is 0 Å². The zero-order valence-corrected chi connectivity index (χ0v) is 15.8. The van der Waals surface area contributed by atoms with Crippen LogP contribution >= 0.6 is 22.9 Å². The molecule has 4 rings (SSSR count). The fourth-order valence-electron chi connectivity index (χ4n) is 3.70. The van der Waals surface area contributed by atoms with E-state index in [9.17, 15) is 0 Å². The van der Waals surface area contributed by atoms with E-state index in [0.717, 1.165) is 24.4 Å². The van der Waals surface area contributed by atoms with Crippen molar-refractivity contribution >= 4 is 39.4 Å². The largest absolute Gasteiger partial charge is 0.361 e. The highest BCUT2D eigenvalue weighted by Gasteiger charge is 2.16. The van der Waals surface area contributed by atoms with Gasteiger partial charge in [-0.3, -0.25) is 0 Å². The quantitative estimate of drug-likeness (QED) is 0.508. The number of rotatable bonds is 6. The van der Waals surface area contributed by atoms with Crippen LogP contribution in [-0.2, 0) is 6.42 Å². The molecule has 0 saturated heterocycles. The van der Waals surface area contributed by atoms with Gasteiger partial charge < -0.3 is 10.3 Å². The third kappa shape index (κ3) is 4.00. The van der Waals surface area contributed by atoms with Crippen LogP contribution in [0.2, 0.25) is 5.02 Å². The molecule has 0 amide bonds. The summed E-state index contributed by atoms with van der Waals surface area (Å²) >= 11 is 7.99. The number of aromatic amines is 1. The van der Waals surface area contributed by atoms with Crippen molar-refractivity contribution in [3.63, 3.8) is 0 Å². The van der Waals surface area contributed by atoms with E-state index in [1.165, 1.54) is 46.2 Å². The molecule has 1 aromatic carbocycles. The lowest BCUT2D eigenvalue weighted by Crippen LogP contribution is -2.32. The second kappa shape index (κ2) is 7.77. The van der Waals surface area contributed by atoms with Gasteiger partial charge in [-0.25, -0.2) is 0 Å². The van der Waals surface area contributed by atoms with Gasteiger partial charge in [-0.15, -0.1) is 11.3 Å². The molecule has 1 aliphatic rings. The number of thiophene rings is 1. The van der Waals surface area contributed by atoms with Gasteiger partial charge in [0.25, 0.3) is 0 Å². The molecule has 2 nitrogen and oxygen atoms in total. The van der Waals surface area contributed by atoms with Crippen molar-refractivity contribution in [3.05, 3.63) is 63.4 Å². The van der Waals surface area contributed by atoms with Crippen molar-refractivity contribution in [2.45, 2.75) is 38.1 Å². The minimum Gasteiger partial charge on any atom is -0.361 e. The second-order valence-corrected chi connectivity index (χ2v) is 8.15. The van der Waals surface area contributed by atoms with E-state index >= 15 is 0 Å².